The molecule has 0 aliphatic carbocycles. The average molecular weight is 520 g/mol. The summed E-state index contributed by atoms with van der Waals surface area (Å²) in [5.74, 6) is -3.18. The molecule has 2 aromatic carbocycles. The molecule has 1 aromatic heterocycles. The summed E-state index contributed by atoms with van der Waals surface area (Å²) in [7, 11) is 1.93. The predicted octanol–water partition coefficient (Wildman–Crippen LogP) is 3.50. The highest BCUT2D eigenvalue weighted by molar-refractivity contribution is 5.99. The summed E-state index contributed by atoms with van der Waals surface area (Å²) in [5, 5.41) is 8.13. The van der Waals surface area contributed by atoms with Crippen molar-refractivity contribution < 1.29 is 37.1 Å². The minimum Gasteiger partial charge on any atom is -0.475 e. The number of rotatable bonds is 2. The Labute approximate surface area is 209 Å². The summed E-state index contributed by atoms with van der Waals surface area (Å²) >= 11 is 0. The van der Waals surface area contributed by atoms with Gasteiger partial charge in [-0.25, -0.2) is 9.18 Å². The van der Waals surface area contributed by atoms with Gasteiger partial charge in [-0.15, -0.1) is 0 Å². The zero-order valence-corrected chi connectivity index (χ0v) is 19.8. The number of hydrogen-bond acceptors (Lipinski definition) is 4. The molecule has 12 heteroatoms. The van der Waals surface area contributed by atoms with Crippen LogP contribution >= 0.6 is 0 Å². The molecule has 1 unspecified atom stereocenters. The number of piperazine rings is 1. The first-order valence-electron chi connectivity index (χ1n) is 11.3. The largest absolute Gasteiger partial charge is 0.490 e. The van der Waals surface area contributed by atoms with E-state index in [0.29, 0.717) is 30.9 Å². The number of aliphatic carboxylic acids is 1. The predicted molar refractivity (Wildman–Crippen MR) is 127 cm³/mol. The van der Waals surface area contributed by atoms with Crippen molar-refractivity contribution in [3.8, 4) is 0 Å². The Hall–Kier alpha value is -3.93. The highest BCUT2D eigenvalue weighted by Gasteiger charge is 2.48. The Morgan fingerprint density at radius 1 is 1.08 bits per heavy atom. The van der Waals surface area contributed by atoms with E-state index in [-0.39, 0.29) is 29.7 Å². The van der Waals surface area contributed by atoms with Crippen LogP contribution < -0.4 is 4.90 Å². The van der Waals surface area contributed by atoms with Crippen molar-refractivity contribution in [2.75, 3.05) is 38.1 Å². The second kappa shape index (κ2) is 9.85. The van der Waals surface area contributed by atoms with E-state index in [2.05, 4.69) is 4.98 Å². The van der Waals surface area contributed by atoms with E-state index in [0.717, 1.165) is 17.3 Å². The lowest BCUT2D eigenvalue weighted by Gasteiger charge is -2.46. The number of likely N-dealkylation sites (N-methyl/N-ethyl adjacent to an activating group) is 1. The number of aromatic amines is 1. The number of carboxylic acids is 1. The fraction of sp³-hybridized carbons (Fsp3) is 0.320. The molecule has 3 aromatic rings. The van der Waals surface area contributed by atoms with Gasteiger partial charge in [0.2, 0.25) is 5.91 Å². The van der Waals surface area contributed by atoms with Crippen LogP contribution in [0.1, 0.15) is 16.8 Å². The molecule has 0 saturated carbocycles. The van der Waals surface area contributed by atoms with Crippen LogP contribution in [-0.2, 0) is 9.59 Å². The molecule has 37 heavy (non-hydrogen) atoms. The van der Waals surface area contributed by atoms with Gasteiger partial charge in [0.05, 0.1) is 12.1 Å². The number of benzene rings is 2. The van der Waals surface area contributed by atoms with Crippen LogP contribution in [0.5, 0.6) is 0 Å². The molecule has 2 fully saturated rings. The fourth-order valence-electron chi connectivity index (χ4n) is 4.68. The molecule has 2 amide bonds. The van der Waals surface area contributed by atoms with Crippen LogP contribution in [0.2, 0.25) is 0 Å². The summed E-state index contributed by atoms with van der Waals surface area (Å²) in [6.07, 6.45) is -2.46. The number of nitrogens with zero attached hydrogens (tertiary/aromatic N) is 3. The molecular formula is C25H24F4N4O4. The number of likely N-dealkylation sites (tertiary alicyclic amines) is 1. The second-order valence-electron chi connectivity index (χ2n) is 9.10. The Morgan fingerprint density at radius 2 is 1.81 bits per heavy atom. The van der Waals surface area contributed by atoms with Gasteiger partial charge < -0.3 is 19.9 Å². The Balaban J connectivity index is 0.000000405. The van der Waals surface area contributed by atoms with Gasteiger partial charge in [0.15, 0.2) is 0 Å². The van der Waals surface area contributed by atoms with Crippen molar-refractivity contribution in [2.45, 2.75) is 18.1 Å². The number of nitrogens with one attached hydrogen (secondary N) is 1. The van der Waals surface area contributed by atoms with Gasteiger partial charge in [0, 0.05) is 48.0 Å². The van der Waals surface area contributed by atoms with Gasteiger partial charge in [-0.3, -0.25) is 14.5 Å². The van der Waals surface area contributed by atoms with Gasteiger partial charge in [-0.1, -0.05) is 6.07 Å². The Kier molecular flexibility index (Phi) is 6.96. The van der Waals surface area contributed by atoms with Crippen molar-refractivity contribution in [3.63, 3.8) is 0 Å². The highest BCUT2D eigenvalue weighted by Crippen LogP contribution is 2.34. The minimum atomic E-state index is -5.08. The van der Waals surface area contributed by atoms with E-state index in [1.54, 1.807) is 17.0 Å². The molecule has 1 spiro atoms. The normalized spacial score (nSPS) is 20.3. The molecule has 0 bridgehead atoms. The van der Waals surface area contributed by atoms with Gasteiger partial charge in [-0.2, -0.15) is 13.2 Å². The van der Waals surface area contributed by atoms with Crippen molar-refractivity contribution in [2.24, 2.45) is 0 Å². The van der Waals surface area contributed by atoms with Crippen molar-refractivity contribution in [1.29, 1.82) is 0 Å². The minimum absolute atomic E-state index is 0.00224. The number of carbonyl (C=O) groups excluding carboxylic acids is 2. The molecule has 2 saturated heterocycles. The van der Waals surface area contributed by atoms with Gasteiger partial charge >= 0.3 is 12.1 Å². The summed E-state index contributed by atoms with van der Waals surface area (Å²) in [6, 6.07) is 13.8. The molecule has 196 valence electrons. The second-order valence-corrected chi connectivity index (χ2v) is 9.10. The summed E-state index contributed by atoms with van der Waals surface area (Å²) in [6.45, 7) is 1.84. The molecule has 8 nitrogen and oxygen atoms in total. The molecule has 0 radical (unpaired) electrons. The number of fused-ring (bicyclic) bond motifs is 1. The zero-order valence-electron chi connectivity index (χ0n) is 19.8. The highest BCUT2D eigenvalue weighted by atomic mass is 19.4. The van der Waals surface area contributed by atoms with Crippen LogP contribution in [-0.4, -0.2) is 82.6 Å². The van der Waals surface area contributed by atoms with Crippen molar-refractivity contribution in [1.82, 2.24) is 14.8 Å². The van der Waals surface area contributed by atoms with Crippen LogP contribution in [0.4, 0.5) is 23.2 Å². The van der Waals surface area contributed by atoms with Crippen LogP contribution in [0, 0.1) is 5.82 Å². The molecule has 1 atom stereocenters. The first-order valence-corrected chi connectivity index (χ1v) is 11.3. The molecule has 3 heterocycles. The monoisotopic (exact) mass is 520 g/mol. The number of hydrogen-bond donors (Lipinski definition) is 2. The number of aromatic nitrogens is 1. The van der Waals surface area contributed by atoms with E-state index < -0.39 is 12.1 Å². The smallest absolute Gasteiger partial charge is 0.475 e. The van der Waals surface area contributed by atoms with E-state index in [1.165, 1.54) is 12.1 Å². The number of alkyl halides is 3. The summed E-state index contributed by atoms with van der Waals surface area (Å²) in [5.41, 5.74) is 1.89. The van der Waals surface area contributed by atoms with Gasteiger partial charge in [-0.05, 0) is 55.9 Å². The number of anilines is 1. The number of carbonyl (C=O) groups is 3. The fourth-order valence-corrected chi connectivity index (χ4v) is 4.68. The molecular weight excluding hydrogens is 496 g/mol. The third-order valence-electron chi connectivity index (χ3n) is 6.72. The molecule has 2 aliphatic heterocycles. The van der Waals surface area contributed by atoms with Crippen LogP contribution in [0.25, 0.3) is 10.9 Å². The van der Waals surface area contributed by atoms with E-state index in [1.807, 2.05) is 47.3 Å². The lowest BCUT2D eigenvalue weighted by atomic mass is 9.92. The number of carboxylic acid groups (broad SMARTS) is 1. The summed E-state index contributed by atoms with van der Waals surface area (Å²) < 4.78 is 45.5. The lowest BCUT2D eigenvalue weighted by molar-refractivity contribution is -0.192. The van der Waals surface area contributed by atoms with Crippen LogP contribution in [0.15, 0.2) is 54.7 Å². The Morgan fingerprint density at radius 3 is 2.49 bits per heavy atom. The number of halogens is 4. The molecule has 5 rings (SSSR count). The number of amides is 2. The topological polar surface area (TPSA) is 97.0 Å². The quantitative estimate of drug-likeness (QED) is 0.505. The molecule has 2 N–H and O–H groups in total. The summed E-state index contributed by atoms with van der Waals surface area (Å²) in [4.78, 5) is 43.4. The van der Waals surface area contributed by atoms with Crippen molar-refractivity contribution in [3.05, 3.63) is 66.1 Å². The maximum atomic E-state index is 13.7. The van der Waals surface area contributed by atoms with Crippen LogP contribution in [0.3, 0.4) is 0 Å². The van der Waals surface area contributed by atoms with Crippen molar-refractivity contribution >= 4 is 34.4 Å². The van der Waals surface area contributed by atoms with Gasteiger partial charge in [0.1, 0.15) is 5.82 Å². The van der Waals surface area contributed by atoms with E-state index in [9.17, 15) is 27.2 Å². The first-order chi connectivity index (χ1) is 17.4. The Bertz CT molecular complexity index is 1340. The lowest BCUT2D eigenvalue weighted by Crippen LogP contribution is -2.64. The maximum absolute atomic E-state index is 13.7. The SMILES string of the molecule is CN1CC(=O)N(c2cccc(F)c2)CC12CCN(C(=O)c1ccc3[nH]ccc3c1)C2.O=C(O)C(F)(F)F. The number of H-pyrrole nitrogens is 1. The van der Waals surface area contributed by atoms with E-state index in [4.69, 9.17) is 9.90 Å². The average Bonchev–Trinajstić information content (AvgIpc) is 3.48. The van der Waals surface area contributed by atoms with E-state index >= 15 is 0 Å². The van der Waals surface area contributed by atoms with Gasteiger partial charge in [0.25, 0.3) is 5.91 Å². The standard InChI is InChI=1S/C23H23FN4O2.C2HF3O2/c1-26-13-21(29)28(19-4-2-3-18(24)12-19)15-23(26)8-10-27(14-23)22(30)17-5-6-20-16(11-17)7-9-25-20;3-2(4,5)1(6)7/h2-7,9,11-12,25H,8,10,13-15H2,1H3;(H,6,7). The zero-order chi connectivity index (χ0) is 27.0. The third-order valence-corrected chi connectivity index (χ3v) is 6.72. The first kappa shape index (κ1) is 26.1. The maximum Gasteiger partial charge on any atom is 0.490 e. The molecule has 2 aliphatic rings. The third kappa shape index (κ3) is 5.43.